The van der Waals surface area contributed by atoms with Crippen LogP contribution in [0, 0.1) is 0 Å². The molecule has 20 heavy (non-hydrogen) atoms. The number of rotatable bonds is 4. The van der Waals surface area contributed by atoms with Gasteiger partial charge in [-0.25, -0.2) is 0 Å². The van der Waals surface area contributed by atoms with Gasteiger partial charge in [0.2, 0.25) is 0 Å². The highest BCUT2D eigenvalue weighted by Gasteiger charge is 2.48. The maximum atomic E-state index is 5.28. The molecule has 0 atom stereocenters. The Morgan fingerprint density at radius 1 is 1.00 bits per heavy atom. The second-order valence-electron chi connectivity index (χ2n) is 7.39. The number of hydrogen-bond donors (Lipinski definition) is 1. The van der Waals surface area contributed by atoms with Gasteiger partial charge >= 0.3 is 0 Å². The maximum absolute atomic E-state index is 5.28. The summed E-state index contributed by atoms with van der Waals surface area (Å²) in [5.41, 5.74) is 0.926. The zero-order valence-corrected chi connectivity index (χ0v) is 13.3. The van der Waals surface area contributed by atoms with E-state index in [-0.39, 0.29) is 0 Å². The van der Waals surface area contributed by atoms with Crippen LogP contribution in [0.15, 0.2) is 0 Å². The summed E-state index contributed by atoms with van der Waals surface area (Å²) in [5, 5.41) is 4.00. The summed E-state index contributed by atoms with van der Waals surface area (Å²) in [4.78, 5) is 2.87. The molecule has 3 rings (SSSR count). The van der Waals surface area contributed by atoms with Crippen LogP contribution in [0.2, 0.25) is 0 Å². The Bertz CT molecular complexity index is 306. The molecule has 0 amide bonds. The highest BCUT2D eigenvalue weighted by atomic mass is 16.5. The van der Waals surface area contributed by atoms with Crippen molar-refractivity contribution < 1.29 is 4.74 Å². The lowest BCUT2D eigenvalue weighted by Gasteiger charge is -2.55. The number of piperazine rings is 1. The summed E-state index contributed by atoms with van der Waals surface area (Å²) in [6.45, 7) is 4.67. The third-order valence-electron chi connectivity index (χ3n) is 6.08. The van der Waals surface area contributed by atoms with Gasteiger partial charge in [0.15, 0.2) is 0 Å². The van der Waals surface area contributed by atoms with Gasteiger partial charge < -0.3 is 10.1 Å². The maximum Gasteiger partial charge on any atom is 0.0474 e. The molecule has 3 heteroatoms. The van der Waals surface area contributed by atoms with E-state index >= 15 is 0 Å². The first-order valence-electron chi connectivity index (χ1n) is 8.78. The summed E-state index contributed by atoms with van der Waals surface area (Å²) in [6.07, 6.45) is 13.9. The van der Waals surface area contributed by atoms with Crippen molar-refractivity contribution in [3.63, 3.8) is 0 Å². The molecule has 0 aromatic heterocycles. The normalized spacial score (nSPS) is 29.2. The van der Waals surface area contributed by atoms with Crippen LogP contribution < -0.4 is 5.32 Å². The van der Waals surface area contributed by atoms with Crippen LogP contribution in [0.4, 0.5) is 0 Å². The molecule has 1 saturated heterocycles. The second-order valence-corrected chi connectivity index (χ2v) is 7.39. The molecule has 0 radical (unpaired) electrons. The lowest BCUT2D eigenvalue weighted by molar-refractivity contribution is -0.0215. The van der Waals surface area contributed by atoms with Crippen LogP contribution in [0.5, 0.6) is 0 Å². The fraction of sp³-hybridized carbons (Fsp3) is 1.00. The summed E-state index contributed by atoms with van der Waals surface area (Å²) >= 11 is 0. The summed E-state index contributed by atoms with van der Waals surface area (Å²) in [7, 11) is 1.83. The van der Waals surface area contributed by atoms with Gasteiger partial charge in [0.05, 0.1) is 0 Å². The van der Waals surface area contributed by atoms with E-state index in [4.69, 9.17) is 4.74 Å². The Hall–Kier alpha value is -0.120. The third-order valence-corrected chi connectivity index (χ3v) is 6.08. The lowest BCUT2D eigenvalue weighted by atomic mass is 9.76. The van der Waals surface area contributed by atoms with Crippen molar-refractivity contribution in [1.82, 2.24) is 10.2 Å². The average Bonchev–Trinajstić information content (AvgIpc) is 2.93. The quantitative estimate of drug-likeness (QED) is 0.801. The van der Waals surface area contributed by atoms with Gasteiger partial charge in [-0.15, -0.1) is 0 Å². The van der Waals surface area contributed by atoms with Gasteiger partial charge in [0.1, 0.15) is 0 Å². The first-order chi connectivity index (χ1) is 9.79. The minimum atomic E-state index is 0.454. The summed E-state index contributed by atoms with van der Waals surface area (Å²) in [5.74, 6) is 0. The fourth-order valence-electron chi connectivity index (χ4n) is 4.86. The molecule has 3 nitrogen and oxygen atoms in total. The van der Waals surface area contributed by atoms with Gasteiger partial charge in [-0.3, -0.25) is 4.90 Å². The van der Waals surface area contributed by atoms with Gasteiger partial charge in [0.25, 0.3) is 0 Å². The topological polar surface area (TPSA) is 24.5 Å². The van der Waals surface area contributed by atoms with E-state index in [0.29, 0.717) is 11.1 Å². The molecule has 2 spiro atoms. The lowest BCUT2D eigenvalue weighted by Crippen LogP contribution is -2.69. The van der Waals surface area contributed by atoms with Gasteiger partial charge in [-0.2, -0.15) is 0 Å². The molecule has 3 aliphatic rings. The van der Waals surface area contributed by atoms with E-state index in [1.54, 1.807) is 0 Å². The van der Waals surface area contributed by atoms with E-state index in [2.05, 4.69) is 10.2 Å². The number of nitrogens with zero attached hydrogens (tertiary/aromatic N) is 1. The predicted octanol–water partition coefficient (Wildman–Crippen LogP) is 2.94. The first-order valence-corrected chi connectivity index (χ1v) is 8.78. The van der Waals surface area contributed by atoms with E-state index in [9.17, 15) is 0 Å². The molecule has 3 fully saturated rings. The average molecular weight is 280 g/mol. The van der Waals surface area contributed by atoms with Crippen LogP contribution in [0.3, 0.4) is 0 Å². The van der Waals surface area contributed by atoms with Crippen molar-refractivity contribution >= 4 is 0 Å². The van der Waals surface area contributed by atoms with E-state index in [1.807, 2.05) is 7.11 Å². The smallest absolute Gasteiger partial charge is 0.0474 e. The summed E-state index contributed by atoms with van der Waals surface area (Å²) < 4.78 is 5.28. The van der Waals surface area contributed by atoms with Crippen LogP contribution in [-0.2, 0) is 4.74 Å². The van der Waals surface area contributed by atoms with Gasteiger partial charge in [-0.1, -0.05) is 32.1 Å². The molecule has 0 bridgehead atoms. The molecular weight excluding hydrogens is 248 g/mol. The van der Waals surface area contributed by atoms with E-state index in [1.165, 1.54) is 83.8 Å². The molecule has 1 aliphatic heterocycles. The Morgan fingerprint density at radius 3 is 2.40 bits per heavy atom. The van der Waals surface area contributed by atoms with Crippen molar-refractivity contribution in [2.24, 2.45) is 0 Å². The van der Waals surface area contributed by atoms with Crippen LogP contribution >= 0.6 is 0 Å². The largest absolute Gasteiger partial charge is 0.385 e. The zero-order chi connectivity index (χ0) is 13.9. The van der Waals surface area contributed by atoms with Crippen molar-refractivity contribution in [2.45, 2.75) is 75.3 Å². The minimum absolute atomic E-state index is 0.454. The van der Waals surface area contributed by atoms with Crippen molar-refractivity contribution in [3.8, 4) is 0 Å². The van der Waals surface area contributed by atoms with E-state index < -0.39 is 0 Å². The first kappa shape index (κ1) is 14.8. The Morgan fingerprint density at radius 2 is 1.70 bits per heavy atom. The van der Waals surface area contributed by atoms with Gasteiger partial charge in [-0.05, 0) is 32.1 Å². The molecule has 116 valence electrons. The third kappa shape index (κ3) is 2.90. The highest BCUT2D eigenvalue weighted by Crippen LogP contribution is 2.41. The second kappa shape index (κ2) is 6.33. The number of ether oxygens (including phenoxy) is 1. The van der Waals surface area contributed by atoms with Crippen LogP contribution in [0.25, 0.3) is 0 Å². The molecular formula is C17H32N2O. The number of methoxy groups -OCH3 is 1. The Kier molecular flexibility index (Phi) is 4.68. The highest BCUT2D eigenvalue weighted by molar-refractivity contribution is 5.07. The summed E-state index contributed by atoms with van der Waals surface area (Å²) in [6, 6.07) is 0. The van der Waals surface area contributed by atoms with Crippen LogP contribution in [0.1, 0.15) is 64.2 Å². The van der Waals surface area contributed by atoms with Crippen molar-refractivity contribution in [3.05, 3.63) is 0 Å². The van der Waals surface area contributed by atoms with Crippen molar-refractivity contribution in [1.29, 1.82) is 0 Å². The van der Waals surface area contributed by atoms with E-state index in [0.717, 1.165) is 6.61 Å². The molecule has 0 unspecified atom stereocenters. The van der Waals surface area contributed by atoms with Crippen molar-refractivity contribution in [2.75, 3.05) is 33.4 Å². The Balaban J connectivity index is 1.69. The SMILES string of the molecule is COCCCN1CC2(CCCC2)NCC12CCCCC2. The predicted molar refractivity (Wildman–Crippen MR) is 83.1 cm³/mol. The standard InChI is InChI=1S/C17H32N2O/c1-20-13-7-12-19-15-16(8-5-6-9-16)18-14-17(19)10-3-2-4-11-17/h18H,2-15H2,1H3. The molecule has 1 heterocycles. The van der Waals surface area contributed by atoms with Crippen LogP contribution in [-0.4, -0.2) is 49.3 Å². The minimum Gasteiger partial charge on any atom is -0.385 e. The Labute approximate surface area is 124 Å². The monoisotopic (exact) mass is 280 g/mol. The molecule has 1 N–H and O–H groups in total. The number of nitrogens with one attached hydrogen (secondary N) is 1. The molecule has 2 saturated carbocycles. The zero-order valence-electron chi connectivity index (χ0n) is 13.3. The molecule has 2 aliphatic carbocycles. The molecule has 0 aromatic rings. The van der Waals surface area contributed by atoms with Gasteiger partial charge in [0, 0.05) is 44.4 Å². The number of hydrogen-bond acceptors (Lipinski definition) is 3. The fourth-order valence-corrected chi connectivity index (χ4v) is 4.86. The molecule has 0 aromatic carbocycles.